The van der Waals surface area contributed by atoms with Crippen molar-refractivity contribution >= 4 is 34.3 Å². The summed E-state index contributed by atoms with van der Waals surface area (Å²) in [5, 5.41) is 14.0. The zero-order valence-corrected chi connectivity index (χ0v) is 17.2. The molecule has 0 fully saturated rings. The predicted molar refractivity (Wildman–Crippen MR) is 115 cm³/mol. The molecule has 0 aliphatic carbocycles. The maximum atomic E-state index is 12.3. The van der Waals surface area contributed by atoms with E-state index in [0.717, 1.165) is 30.6 Å². The standard InChI is InChI=1S/C18H22N6O.C2HF3O2/c1-12-5-4-6-13(11-12)22-16-15-14(7-10-20-17(15)25)23-18(24-16)21-9-3-2-8-19;3-2(4,5)1(6)7/h4-7,10-11H,2-3,8-9,19H2,1H3,(H,20,25)(H2,21,22,23,24);(H,6,7). The van der Waals surface area contributed by atoms with Gasteiger partial charge in [-0.3, -0.25) is 4.79 Å². The van der Waals surface area contributed by atoms with Gasteiger partial charge in [-0.2, -0.15) is 18.2 Å². The Morgan fingerprint density at radius 3 is 2.56 bits per heavy atom. The van der Waals surface area contributed by atoms with Crippen molar-refractivity contribution in [2.45, 2.75) is 25.9 Å². The number of aromatic nitrogens is 3. The first kappa shape index (κ1) is 24.6. The monoisotopic (exact) mass is 452 g/mol. The number of alkyl halides is 3. The molecule has 2 aromatic heterocycles. The Bertz CT molecular complexity index is 1120. The Labute approximate surface area is 180 Å². The summed E-state index contributed by atoms with van der Waals surface area (Å²) in [5.41, 5.74) is 7.88. The van der Waals surface area contributed by atoms with Crippen molar-refractivity contribution in [1.82, 2.24) is 15.0 Å². The average Bonchev–Trinajstić information content (AvgIpc) is 2.71. The van der Waals surface area contributed by atoms with Gasteiger partial charge < -0.3 is 26.5 Å². The van der Waals surface area contributed by atoms with Crippen LogP contribution in [0.1, 0.15) is 18.4 Å². The second kappa shape index (κ2) is 11.1. The number of aliphatic carboxylic acids is 1. The van der Waals surface area contributed by atoms with Crippen molar-refractivity contribution in [2.24, 2.45) is 5.73 Å². The minimum atomic E-state index is -5.08. The molecule has 0 radical (unpaired) electrons. The molecule has 0 aliphatic rings. The van der Waals surface area contributed by atoms with Gasteiger partial charge in [0, 0.05) is 18.4 Å². The Morgan fingerprint density at radius 1 is 1.22 bits per heavy atom. The van der Waals surface area contributed by atoms with Gasteiger partial charge in [-0.25, -0.2) is 9.78 Å². The molecule has 0 spiro atoms. The van der Waals surface area contributed by atoms with Gasteiger partial charge in [0.1, 0.15) is 11.2 Å². The number of rotatable bonds is 7. The Kier molecular flexibility index (Phi) is 8.53. The number of halogens is 3. The van der Waals surface area contributed by atoms with Crippen molar-refractivity contribution in [2.75, 3.05) is 23.7 Å². The molecule has 0 atom stereocenters. The predicted octanol–water partition coefficient (Wildman–Crippen LogP) is 3.15. The molecule has 172 valence electrons. The molecule has 3 rings (SSSR count). The van der Waals surface area contributed by atoms with Crippen LogP contribution in [0, 0.1) is 6.92 Å². The number of carboxylic acid groups (broad SMARTS) is 1. The van der Waals surface area contributed by atoms with E-state index in [9.17, 15) is 18.0 Å². The molecule has 32 heavy (non-hydrogen) atoms. The molecule has 0 unspecified atom stereocenters. The van der Waals surface area contributed by atoms with E-state index in [1.165, 1.54) is 0 Å². The van der Waals surface area contributed by atoms with Crippen molar-refractivity contribution < 1.29 is 23.1 Å². The second-order valence-corrected chi connectivity index (χ2v) is 6.68. The number of nitrogens with zero attached hydrogens (tertiary/aromatic N) is 2. The summed E-state index contributed by atoms with van der Waals surface area (Å²) in [6, 6.07) is 9.68. The number of nitrogens with two attached hydrogens (primary N) is 1. The minimum absolute atomic E-state index is 0.220. The van der Waals surface area contributed by atoms with Gasteiger partial charge >= 0.3 is 12.1 Å². The van der Waals surface area contributed by atoms with Crippen LogP contribution in [-0.4, -0.2) is 45.3 Å². The fourth-order valence-corrected chi connectivity index (χ4v) is 2.59. The number of anilines is 3. The first-order valence-electron chi connectivity index (χ1n) is 9.59. The van der Waals surface area contributed by atoms with Gasteiger partial charge in [-0.05, 0) is 50.1 Å². The van der Waals surface area contributed by atoms with Crippen LogP contribution in [0.4, 0.5) is 30.6 Å². The van der Waals surface area contributed by atoms with Crippen molar-refractivity contribution in [3.05, 3.63) is 52.4 Å². The highest BCUT2D eigenvalue weighted by atomic mass is 19.4. The molecule has 6 N–H and O–H groups in total. The number of aryl methyl sites for hydroxylation is 1. The lowest BCUT2D eigenvalue weighted by atomic mass is 10.2. The molecule has 9 nitrogen and oxygen atoms in total. The van der Waals surface area contributed by atoms with Crippen LogP contribution < -0.4 is 21.9 Å². The van der Waals surface area contributed by atoms with E-state index in [-0.39, 0.29) is 5.56 Å². The van der Waals surface area contributed by atoms with E-state index >= 15 is 0 Å². The molecule has 0 aliphatic heterocycles. The van der Waals surface area contributed by atoms with Crippen LogP contribution >= 0.6 is 0 Å². The molecule has 0 saturated carbocycles. The topological polar surface area (TPSA) is 146 Å². The zero-order chi connectivity index (χ0) is 23.7. The lowest BCUT2D eigenvalue weighted by molar-refractivity contribution is -0.192. The molecule has 0 bridgehead atoms. The van der Waals surface area contributed by atoms with Crippen molar-refractivity contribution in [3.63, 3.8) is 0 Å². The minimum Gasteiger partial charge on any atom is -0.475 e. The van der Waals surface area contributed by atoms with Crippen LogP contribution in [0.3, 0.4) is 0 Å². The SMILES string of the molecule is Cc1cccc(Nc2nc(NCCCCN)nc3cc[nH]c(=O)c23)c1.O=C(O)C(F)(F)F. The second-order valence-electron chi connectivity index (χ2n) is 6.68. The summed E-state index contributed by atoms with van der Waals surface area (Å²) in [5.74, 6) is -1.78. The van der Waals surface area contributed by atoms with E-state index in [1.54, 1.807) is 12.3 Å². The van der Waals surface area contributed by atoms with E-state index in [4.69, 9.17) is 15.6 Å². The third-order valence-electron chi connectivity index (χ3n) is 4.06. The van der Waals surface area contributed by atoms with Gasteiger partial charge in [0.2, 0.25) is 5.95 Å². The fourth-order valence-electron chi connectivity index (χ4n) is 2.59. The summed E-state index contributed by atoms with van der Waals surface area (Å²) < 4.78 is 31.7. The van der Waals surface area contributed by atoms with E-state index < -0.39 is 12.1 Å². The molecule has 0 amide bonds. The highest BCUT2D eigenvalue weighted by Crippen LogP contribution is 2.23. The Morgan fingerprint density at radius 2 is 1.94 bits per heavy atom. The third-order valence-corrected chi connectivity index (χ3v) is 4.06. The Hall–Kier alpha value is -3.67. The van der Waals surface area contributed by atoms with Crippen LogP contribution in [0.5, 0.6) is 0 Å². The summed E-state index contributed by atoms with van der Waals surface area (Å²) in [6.45, 7) is 3.41. The van der Waals surface area contributed by atoms with Crippen LogP contribution in [-0.2, 0) is 4.79 Å². The molecular formula is C20H23F3N6O3. The smallest absolute Gasteiger partial charge is 0.475 e. The molecule has 0 saturated heterocycles. The number of unbranched alkanes of at least 4 members (excludes halogenated alkanes) is 1. The number of aromatic amines is 1. The molecule has 1 aromatic carbocycles. The normalized spacial score (nSPS) is 10.9. The van der Waals surface area contributed by atoms with Crippen LogP contribution in [0.15, 0.2) is 41.3 Å². The number of H-pyrrole nitrogens is 1. The number of hydrogen-bond donors (Lipinski definition) is 5. The number of carboxylic acids is 1. The number of benzene rings is 1. The number of fused-ring (bicyclic) bond motifs is 1. The number of pyridine rings is 1. The summed E-state index contributed by atoms with van der Waals surface area (Å²) >= 11 is 0. The van der Waals surface area contributed by atoms with Gasteiger partial charge in [0.05, 0.1) is 5.52 Å². The van der Waals surface area contributed by atoms with Gasteiger partial charge in [-0.1, -0.05) is 12.1 Å². The maximum Gasteiger partial charge on any atom is 0.490 e. The van der Waals surface area contributed by atoms with E-state index in [1.807, 2.05) is 31.2 Å². The number of hydrogen-bond acceptors (Lipinski definition) is 7. The molecular weight excluding hydrogens is 429 g/mol. The Balaban J connectivity index is 0.000000451. The maximum absolute atomic E-state index is 12.3. The van der Waals surface area contributed by atoms with Crippen LogP contribution in [0.2, 0.25) is 0 Å². The summed E-state index contributed by atoms with van der Waals surface area (Å²) in [6.07, 6.45) is -1.62. The largest absolute Gasteiger partial charge is 0.490 e. The first-order valence-corrected chi connectivity index (χ1v) is 9.59. The lowest BCUT2D eigenvalue weighted by Crippen LogP contribution is -2.21. The molecule has 2 heterocycles. The van der Waals surface area contributed by atoms with E-state index in [2.05, 4.69) is 25.6 Å². The fraction of sp³-hybridized carbons (Fsp3) is 0.300. The highest BCUT2D eigenvalue weighted by molar-refractivity contribution is 5.90. The van der Waals surface area contributed by atoms with Crippen molar-refractivity contribution in [1.29, 1.82) is 0 Å². The first-order chi connectivity index (χ1) is 15.1. The summed E-state index contributed by atoms with van der Waals surface area (Å²) in [7, 11) is 0. The van der Waals surface area contributed by atoms with Crippen molar-refractivity contribution in [3.8, 4) is 0 Å². The zero-order valence-electron chi connectivity index (χ0n) is 17.2. The van der Waals surface area contributed by atoms with Gasteiger partial charge in [-0.15, -0.1) is 0 Å². The molecule has 12 heteroatoms. The summed E-state index contributed by atoms with van der Waals surface area (Å²) in [4.78, 5) is 32.8. The van der Waals surface area contributed by atoms with E-state index in [0.29, 0.717) is 29.2 Å². The molecule has 3 aromatic rings. The van der Waals surface area contributed by atoms with Crippen LogP contribution in [0.25, 0.3) is 10.9 Å². The lowest BCUT2D eigenvalue weighted by Gasteiger charge is -2.11. The number of nitrogens with one attached hydrogen (secondary N) is 3. The highest BCUT2D eigenvalue weighted by Gasteiger charge is 2.38. The van der Waals surface area contributed by atoms with Gasteiger partial charge in [0.25, 0.3) is 5.56 Å². The number of carbonyl (C=O) groups is 1. The third kappa shape index (κ3) is 7.23. The van der Waals surface area contributed by atoms with Gasteiger partial charge in [0.15, 0.2) is 0 Å². The average molecular weight is 452 g/mol. The quantitative estimate of drug-likeness (QED) is 0.344.